The molecule has 0 heterocycles. The van der Waals surface area contributed by atoms with Crippen molar-refractivity contribution in [3.63, 3.8) is 0 Å². The number of nitrogens with two attached hydrogens (primary N) is 1. The van der Waals surface area contributed by atoms with Gasteiger partial charge in [0.1, 0.15) is 0 Å². The number of carbonyl (C=O) groups excluding carboxylic acids is 1. The van der Waals surface area contributed by atoms with Crippen molar-refractivity contribution in [2.45, 2.75) is 12.5 Å². The molecule has 0 spiro atoms. The monoisotopic (exact) mass is 125 g/mol. The minimum absolute atomic E-state index is 0.0278. The maximum atomic E-state index is 9.73. The second kappa shape index (κ2) is 2.49. The maximum Gasteiger partial charge on any atom is 0.298 e. The zero-order valence-corrected chi connectivity index (χ0v) is 4.83. The number of carbonyl (C=O) groups is 1. The molecular weight excluding hydrogens is 118 g/mol. The van der Waals surface area contributed by atoms with E-state index in [1.54, 1.807) is 6.08 Å². The van der Waals surface area contributed by atoms with Gasteiger partial charge in [0.25, 0.3) is 6.47 Å². The molecule has 9 heavy (non-hydrogen) atoms. The lowest BCUT2D eigenvalue weighted by Crippen LogP contribution is -2.14. The zero-order chi connectivity index (χ0) is 6.69. The Morgan fingerprint density at radius 1 is 2.00 bits per heavy atom. The highest BCUT2D eigenvalue weighted by atomic mass is 16.5. The van der Waals surface area contributed by atoms with Gasteiger partial charge in [0.2, 0.25) is 0 Å². The predicted molar refractivity (Wildman–Crippen MR) is 31.3 cm³/mol. The Kier molecular flexibility index (Phi) is 1.68. The molecule has 1 rings (SSSR count). The SMILES string of the molecule is N[C@@H]1C=C=C(OC=O)C1. The average Bonchev–Trinajstić information content (AvgIpc) is 2.17. The highest BCUT2D eigenvalue weighted by molar-refractivity contribution is 5.40. The standard InChI is InChI=1S/C6H7NO2/c7-5-1-2-6(3-5)9-4-8/h1,4-5H,3,7H2/t5-/m1/s1. The number of ether oxygens (including phenoxy) is 1. The third-order valence-corrected chi connectivity index (χ3v) is 1.07. The van der Waals surface area contributed by atoms with E-state index in [2.05, 4.69) is 10.5 Å². The average molecular weight is 125 g/mol. The van der Waals surface area contributed by atoms with Crippen LogP contribution in [0, 0.1) is 0 Å². The minimum atomic E-state index is -0.0278. The van der Waals surface area contributed by atoms with E-state index in [0.717, 1.165) is 0 Å². The summed E-state index contributed by atoms with van der Waals surface area (Å²) in [7, 11) is 0. The van der Waals surface area contributed by atoms with Crippen molar-refractivity contribution in [3.05, 3.63) is 17.6 Å². The fraction of sp³-hybridized carbons (Fsp3) is 0.333. The smallest absolute Gasteiger partial charge is 0.298 e. The van der Waals surface area contributed by atoms with Crippen molar-refractivity contribution in [2.24, 2.45) is 5.73 Å². The molecule has 0 aliphatic heterocycles. The molecule has 0 aromatic rings. The van der Waals surface area contributed by atoms with Crippen LogP contribution in [0.3, 0.4) is 0 Å². The number of hydrogen-bond donors (Lipinski definition) is 1. The van der Waals surface area contributed by atoms with E-state index in [-0.39, 0.29) is 6.04 Å². The summed E-state index contributed by atoms with van der Waals surface area (Å²) in [5.41, 5.74) is 8.14. The van der Waals surface area contributed by atoms with Gasteiger partial charge in [-0.05, 0) is 6.08 Å². The van der Waals surface area contributed by atoms with Crippen LogP contribution in [0.5, 0.6) is 0 Å². The molecule has 3 nitrogen and oxygen atoms in total. The van der Waals surface area contributed by atoms with Gasteiger partial charge in [-0.3, -0.25) is 4.79 Å². The van der Waals surface area contributed by atoms with Crippen molar-refractivity contribution in [2.75, 3.05) is 0 Å². The lowest BCUT2D eigenvalue weighted by molar-refractivity contribution is -0.125. The zero-order valence-electron chi connectivity index (χ0n) is 4.83. The van der Waals surface area contributed by atoms with Crippen LogP contribution in [0.1, 0.15) is 6.42 Å². The Morgan fingerprint density at radius 3 is 3.22 bits per heavy atom. The lowest BCUT2D eigenvalue weighted by Gasteiger charge is -1.97. The van der Waals surface area contributed by atoms with Crippen LogP contribution in [0.2, 0.25) is 0 Å². The summed E-state index contributed by atoms with van der Waals surface area (Å²) in [5, 5.41) is 0. The van der Waals surface area contributed by atoms with E-state index < -0.39 is 0 Å². The van der Waals surface area contributed by atoms with Gasteiger partial charge in [-0.15, -0.1) is 0 Å². The van der Waals surface area contributed by atoms with E-state index in [9.17, 15) is 4.79 Å². The van der Waals surface area contributed by atoms with Gasteiger partial charge in [-0.2, -0.15) is 0 Å². The Hall–Kier alpha value is -1.05. The van der Waals surface area contributed by atoms with E-state index in [1.165, 1.54) is 0 Å². The third-order valence-electron chi connectivity index (χ3n) is 1.07. The van der Waals surface area contributed by atoms with Crippen molar-refractivity contribution in [3.8, 4) is 0 Å². The fourth-order valence-corrected chi connectivity index (χ4v) is 0.672. The highest BCUT2D eigenvalue weighted by Gasteiger charge is 2.08. The molecule has 48 valence electrons. The Morgan fingerprint density at radius 2 is 2.78 bits per heavy atom. The summed E-state index contributed by atoms with van der Waals surface area (Å²) >= 11 is 0. The van der Waals surface area contributed by atoms with Crippen molar-refractivity contribution < 1.29 is 9.53 Å². The fourth-order valence-electron chi connectivity index (χ4n) is 0.672. The molecule has 3 heteroatoms. The molecule has 0 bridgehead atoms. The van der Waals surface area contributed by atoms with E-state index in [0.29, 0.717) is 18.7 Å². The summed E-state index contributed by atoms with van der Waals surface area (Å²) < 4.78 is 4.49. The maximum absolute atomic E-state index is 9.73. The van der Waals surface area contributed by atoms with Crippen LogP contribution in [-0.2, 0) is 9.53 Å². The van der Waals surface area contributed by atoms with Crippen LogP contribution in [0.15, 0.2) is 17.6 Å². The Labute approximate surface area is 52.8 Å². The molecule has 2 N–H and O–H groups in total. The first kappa shape index (κ1) is 6.08. The lowest BCUT2D eigenvalue weighted by atomic mass is 10.3. The van der Waals surface area contributed by atoms with Gasteiger partial charge in [-0.1, -0.05) is 5.73 Å². The predicted octanol–water partition coefficient (Wildman–Crippen LogP) is -0.0706. The molecule has 0 saturated carbocycles. The molecule has 1 aliphatic carbocycles. The van der Waals surface area contributed by atoms with Crippen LogP contribution < -0.4 is 5.73 Å². The molecule has 0 saturated heterocycles. The second-order valence-electron chi connectivity index (χ2n) is 1.82. The van der Waals surface area contributed by atoms with Crippen LogP contribution in [0.25, 0.3) is 0 Å². The molecule has 0 aromatic heterocycles. The summed E-state index contributed by atoms with van der Waals surface area (Å²) in [5.74, 6) is 0.525. The minimum Gasteiger partial charge on any atom is -0.425 e. The van der Waals surface area contributed by atoms with Gasteiger partial charge >= 0.3 is 0 Å². The first-order valence-electron chi connectivity index (χ1n) is 2.64. The normalized spacial score (nSPS) is 23.7. The van der Waals surface area contributed by atoms with E-state index >= 15 is 0 Å². The van der Waals surface area contributed by atoms with E-state index in [1.807, 2.05) is 0 Å². The van der Waals surface area contributed by atoms with Crippen LogP contribution in [0.4, 0.5) is 0 Å². The first-order valence-corrected chi connectivity index (χ1v) is 2.64. The first-order chi connectivity index (χ1) is 4.33. The molecular formula is C6H7NO2. The molecule has 0 amide bonds. The number of rotatable bonds is 2. The van der Waals surface area contributed by atoms with Gasteiger partial charge in [0.05, 0.1) is 0 Å². The molecule has 0 unspecified atom stereocenters. The Bertz CT molecular complexity index is 179. The second-order valence-corrected chi connectivity index (χ2v) is 1.82. The summed E-state index contributed by atoms with van der Waals surface area (Å²) in [6, 6.07) is -0.0278. The topological polar surface area (TPSA) is 52.3 Å². The van der Waals surface area contributed by atoms with Crippen molar-refractivity contribution >= 4 is 6.47 Å². The summed E-state index contributed by atoms with van der Waals surface area (Å²) in [4.78, 5) is 9.73. The molecule has 1 aliphatic rings. The largest absolute Gasteiger partial charge is 0.425 e. The molecule has 0 fully saturated rings. The van der Waals surface area contributed by atoms with Crippen LogP contribution in [-0.4, -0.2) is 12.5 Å². The van der Waals surface area contributed by atoms with Crippen molar-refractivity contribution in [1.29, 1.82) is 0 Å². The van der Waals surface area contributed by atoms with Crippen molar-refractivity contribution in [1.82, 2.24) is 0 Å². The van der Waals surface area contributed by atoms with Gasteiger partial charge < -0.3 is 10.5 Å². The Balaban J connectivity index is 2.47. The highest BCUT2D eigenvalue weighted by Crippen LogP contribution is 2.09. The molecule has 0 aromatic carbocycles. The quantitative estimate of drug-likeness (QED) is 0.415. The summed E-state index contributed by atoms with van der Waals surface area (Å²) in [6.45, 7) is 0.383. The van der Waals surface area contributed by atoms with E-state index in [4.69, 9.17) is 5.73 Å². The summed E-state index contributed by atoms with van der Waals surface area (Å²) in [6.07, 6.45) is 2.26. The van der Waals surface area contributed by atoms with Crippen LogP contribution >= 0.6 is 0 Å². The van der Waals surface area contributed by atoms with Gasteiger partial charge in [0.15, 0.2) is 5.76 Å². The number of hydrogen-bond acceptors (Lipinski definition) is 3. The van der Waals surface area contributed by atoms with Gasteiger partial charge in [-0.25, -0.2) is 0 Å². The third kappa shape index (κ3) is 1.42. The molecule has 0 radical (unpaired) electrons. The van der Waals surface area contributed by atoms with Gasteiger partial charge in [0, 0.05) is 12.5 Å². The molecule has 1 atom stereocenters.